The molecule has 0 saturated carbocycles. The van der Waals surface area contributed by atoms with E-state index < -0.39 is 0 Å². The lowest BCUT2D eigenvalue weighted by Gasteiger charge is -2.05. The number of carbonyl (C=O) groups excluding carboxylic acids is 1. The molecule has 0 aliphatic rings. The van der Waals surface area contributed by atoms with Crippen molar-refractivity contribution in [2.24, 2.45) is 5.92 Å². The second-order valence-electron chi connectivity index (χ2n) is 7.18. The van der Waals surface area contributed by atoms with Crippen LogP contribution in [0.25, 0.3) is 0 Å². The van der Waals surface area contributed by atoms with Crippen LogP contribution in [0.1, 0.15) is 111 Å². The lowest BCUT2D eigenvalue weighted by molar-refractivity contribution is -0.270. The summed E-state index contributed by atoms with van der Waals surface area (Å²) in [6, 6.07) is 0. The summed E-state index contributed by atoms with van der Waals surface area (Å²) in [7, 11) is 0. The third-order valence-electron chi connectivity index (χ3n) is 4.19. The van der Waals surface area contributed by atoms with E-state index in [9.17, 15) is 4.79 Å². The molecule has 0 bridgehead atoms. The number of unbranched alkanes of at least 4 members (excludes halogenated alkanes) is 12. The van der Waals surface area contributed by atoms with Crippen molar-refractivity contribution in [3.63, 3.8) is 0 Å². The molecule has 3 heteroatoms. The molecular formula is C20H40O3. The van der Waals surface area contributed by atoms with Crippen molar-refractivity contribution in [2.75, 3.05) is 6.61 Å². The molecular weight excluding hydrogens is 288 g/mol. The van der Waals surface area contributed by atoms with Gasteiger partial charge >= 0.3 is 5.97 Å². The number of hydrogen-bond acceptors (Lipinski definition) is 3. The lowest BCUT2D eigenvalue weighted by Crippen LogP contribution is -2.01. The predicted molar refractivity (Wildman–Crippen MR) is 97.2 cm³/mol. The van der Waals surface area contributed by atoms with Gasteiger partial charge in [0.15, 0.2) is 0 Å². The molecule has 0 N–H and O–H groups in total. The molecule has 0 spiro atoms. The normalized spacial score (nSPS) is 11.1. The maximum atomic E-state index is 10.5. The summed E-state index contributed by atoms with van der Waals surface area (Å²) in [5.74, 6) is 0.497. The van der Waals surface area contributed by atoms with Crippen LogP contribution in [0, 0.1) is 5.92 Å². The Bertz CT molecular complexity index is 251. The van der Waals surface area contributed by atoms with Crippen molar-refractivity contribution in [3.8, 4) is 0 Å². The quantitative estimate of drug-likeness (QED) is 0.171. The Hall–Kier alpha value is -0.570. The number of rotatable bonds is 17. The molecule has 0 fully saturated rings. The third-order valence-corrected chi connectivity index (χ3v) is 4.19. The van der Waals surface area contributed by atoms with Crippen molar-refractivity contribution < 1.29 is 14.6 Å². The SMILES string of the molecule is CC(=O)OOCCCCCCCCCCCCCCCC(C)C. The molecule has 0 aliphatic carbocycles. The van der Waals surface area contributed by atoms with Gasteiger partial charge in [-0.15, -0.1) is 0 Å². The van der Waals surface area contributed by atoms with E-state index in [2.05, 4.69) is 18.7 Å². The Labute approximate surface area is 144 Å². The van der Waals surface area contributed by atoms with Crippen LogP contribution in [0.4, 0.5) is 0 Å². The van der Waals surface area contributed by atoms with Crippen molar-refractivity contribution in [3.05, 3.63) is 0 Å². The molecule has 0 rings (SSSR count). The van der Waals surface area contributed by atoms with E-state index in [1.165, 1.54) is 84.0 Å². The molecule has 0 atom stereocenters. The fourth-order valence-corrected chi connectivity index (χ4v) is 2.78. The summed E-state index contributed by atoms with van der Waals surface area (Å²) in [6.45, 7) is 6.51. The zero-order chi connectivity index (χ0) is 17.2. The summed E-state index contributed by atoms with van der Waals surface area (Å²) in [5, 5.41) is 0. The van der Waals surface area contributed by atoms with Gasteiger partial charge in [-0.2, -0.15) is 4.89 Å². The van der Waals surface area contributed by atoms with Crippen molar-refractivity contribution in [2.45, 2.75) is 111 Å². The first-order valence-corrected chi connectivity index (χ1v) is 9.93. The number of hydrogen-bond donors (Lipinski definition) is 0. The molecule has 0 saturated heterocycles. The van der Waals surface area contributed by atoms with Crippen LogP contribution >= 0.6 is 0 Å². The molecule has 0 radical (unpaired) electrons. The van der Waals surface area contributed by atoms with Gasteiger partial charge < -0.3 is 0 Å². The monoisotopic (exact) mass is 328 g/mol. The molecule has 23 heavy (non-hydrogen) atoms. The Morgan fingerprint density at radius 2 is 1.09 bits per heavy atom. The molecule has 0 amide bonds. The first kappa shape index (κ1) is 22.4. The molecule has 0 unspecified atom stereocenters. The first-order chi connectivity index (χ1) is 11.1. The summed E-state index contributed by atoms with van der Waals surface area (Å²) < 4.78 is 0. The minimum absolute atomic E-state index is 0.374. The van der Waals surface area contributed by atoms with E-state index >= 15 is 0 Å². The molecule has 0 aromatic rings. The largest absolute Gasteiger partial charge is 0.339 e. The zero-order valence-electron chi connectivity index (χ0n) is 15.9. The number of carbonyl (C=O) groups is 1. The highest BCUT2D eigenvalue weighted by molar-refractivity contribution is 5.65. The Morgan fingerprint density at radius 3 is 1.48 bits per heavy atom. The van der Waals surface area contributed by atoms with Crippen LogP contribution < -0.4 is 0 Å². The average Bonchev–Trinajstić information content (AvgIpc) is 2.49. The fourth-order valence-electron chi connectivity index (χ4n) is 2.78. The highest BCUT2D eigenvalue weighted by Crippen LogP contribution is 2.14. The Balaban J connectivity index is 2.99. The van der Waals surface area contributed by atoms with Gasteiger partial charge in [-0.05, 0) is 12.3 Å². The van der Waals surface area contributed by atoms with Crippen LogP contribution in [0.5, 0.6) is 0 Å². The van der Waals surface area contributed by atoms with Crippen molar-refractivity contribution in [1.82, 2.24) is 0 Å². The van der Waals surface area contributed by atoms with E-state index in [0.717, 1.165) is 18.8 Å². The second kappa shape index (κ2) is 17.8. The van der Waals surface area contributed by atoms with E-state index in [1.54, 1.807) is 0 Å². The average molecular weight is 329 g/mol. The maximum Gasteiger partial charge on any atom is 0.339 e. The fraction of sp³-hybridized carbons (Fsp3) is 0.950. The molecule has 0 heterocycles. The standard InChI is InChI=1S/C20H40O3/c1-19(2)17-15-13-11-9-7-5-4-6-8-10-12-14-16-18-22-23-20(3)21/h19H,4-18H2,1-3H3. The zero-order valence-corrected chi connectivity index (χ0v) is 15.9. The highest BCUT2D eigenvalue weighted by atomic mass is 17.2. The molecule has 138 valence electrons. The molecule has 0 aromatic heterocycles. The van der Waals surface area contributed by atoms with Crippen LogP contribution in [-0.2, 0) is 14.6 Å². The predicted octanol–water partition coefficient (Wildman–Crippen LogP) is 6.60. The maximum absolute atomic E-state index is 10.5. The van der Waals surface area contributed by atoms with Gasteiger partial charge in [0.25, 0.3) is 0 Å². The summed E-state index contributed by atoms with van der Waals surface area (Å²) in [5.41, 5.74) is 0. The van der Waals surface area contributed by atoms with Gasteiger partial charge in [0.1, 0.15) is 0 Å². The van der Waals surface area contributed by atoms with Gasteiger partial charge in [-0.3, -0.25) is 4.89 Å². The first-order valence-electron chi connectivity index (χ1n) is 9.93. The summed E-state index contributed by atoms with van der Waals surface area (Å²) >= 11 is 0. The third kappa shape index (κ3) is 21.4. The van der Waals surface area contributed by atoms with Crippen LogP contribution in [0.2, 0.25) is 0 Å². The highest BCUT2D eigenvalue weighted by Gasteiger charge is 1.97. The van der Waals surface area contributed by atoms with Gasteiger partial charge in [0.2, 0.25) is 0 Å². The van der Waals surface area contributed by atoms with Gasteiger partial charge in [-0.25, -0.2) is 4.79 Å². The van der Waals surface area contributed by atoms with E-state index in [0.29, 0.717) is 6.61 Å². The molecule has 3 nitrogen and oxygen atoms in total. The molecule has 0 aromatic carbocycles. The van der Waals surface area contributed by atoms with Crippen molar-refractivity contribution in [1.29, 1.82) is 0 Å². The van der Waals surface area contributed by atoms with Gasteiger partial charge in [-0.1, -0.05) is 97.3 Å². The van der Waals surface area contributed by atoms with Gasteiger partial charge in [0.05, 0.1) is 6.61 Å². The van der Waals surface area contributed by atoms with Crippen LogP contribution in [0.3, 0.4) is 0 Å². The smallest absolute Gasteiger partial charge is 0.299 e. The van der Waals surface area contributed by atoms with Crippen molar-refractivity contribution >= 4 is 5.97 Å². The van der Waals surface area contributed by atoms with E-state index in [1.807, 2.05) is 0 Å². The Kier molecular flexibility index (Phi) is 17.3. The van der Waals surface area contributed by atoms with Crippen LogP contribution in [-0.4, -0.2) is 12.6 Å². The minimum atomic E-state index is -0.374. The lowest BCUT2D eigenvalue weighted by atomic mass is 10.0. The topological polar surface area (TPSA) is 35.5 Å². The summed E-state index contributed by atoms with van der Waals surface area (Å²) in [4.78, 5) is 19.7. The van der Waals surface area contributed by atoms with E-state index in [-0.39, 0.29) is 5.97 Å². The van der Waals surface area contributed by atoms with Crippen LogP contribution in [0.15, 0.2) is 0 Å². The van der Waals surface area contributed by atoms with Gasteiger partial charge in [0, 0.05) is 6.92 Å². The minimum Gasteiger partial charge on any atom is -0.299 e. The second-order valence-corrected chi connectivity index (χ2v) is 7.18. The molecule has 0 aliphatic heterocycles. The summed E-state index contributed by atoms with van der Waals surface area (Å²) in [6.07, 6.45) is 18.8. The van der Waals surface area contributed by atoms with E-state index in [4.69, 9.17) is 4.89 Å². The Morgan fingerprint density at radius 1 is 0.696 bits per heavy atom.